The maximum Gasteiger partial charge on any atom is 0.0469 e. The average Bonchev–Trinajstić information content (AvgIpc) is 2.58. The molecule has 1 aromatic rings. The Kier molecular flexibility index (Phi) is 1.77. The van der Waals surface area contributed by atoms with Gasteiger partial charge in [0.2, 0.25) is 0 Å². The molecule has 0 saturated carbocycles. The molecule has 1 N–H and O–H groups in total. The van der Waals surface area contributed by atoms with Gasteiger partial charge in [-0.3, -0.25) is 0 Å². The second kappa shape index (κ2) is 2.79. The summed E-state index contributed by atoms with van der Waals surface area (Å²) in [4.78, 5) is 0. The van der Waals surface area contributed by atoms with Crippen molar-refractivity contribution >= 4 is 5.57 Å². The van der Waals surface area contributed by atoms with E-state index in [1.54, 1.807) is 0 Å². The molecule has 2 heterocycles. The van der Waals surface area contributed by atoms with Crippen LogP contribution in [0.25, 0.3) is 5.57 Å². The number of hydrogen-bond donors (Lipinski definition) is 1. The molecule has 0 atom stereocenters. The fourth-order valence-electron chi connectivity index (χ4n) is 1.80. The van der Waals surface area contributed by atoms with Gasteiger partial charge in [0.15, 0.2) is 0 Å². The van der Waals surface area contributed by atoms with E-state index in [4.69, 9.17) is 5.11 Å². The van der Waals surface area contributed by atoms with Crippen LogP contribution in [-0.2, 0) is 6.54 Å². The summed E-state index contributed by atoms with van der Waals surface area (Å²) in [6, 6.07) is 4.19. The van der Waals surface area contributed by atoms with E-state index in [1.807, 2.05) is 0 Å². The van der Waals surface area contributed by atoms with Crippen LogP contribution in [0.3, 0.4) is 0 Å². The van der Waals surface area contributed by atoms with Gasteiger partial charge < -0.3 is 9.67 Å². The molecule has 12 heavy (non-hydrogen) atoms. The number of aromatic nitrogens is 1. The zero-order valence-electron chi connectivity index (χ0n) is 7.25. The van der Waals surface area contributed by atoms with Crippen LogP contribution in [0.4, 0.5) is 0 Å². The summed E-state index contributed by atoms with van der Waals surface area (Å²) in [5.74, 6) is 0. The Bertz CT molecular complexity index is 322. The maximum atomic E-state index is 8.82. The molecular formula is C10H13NO. The molecule has 1 aliphatic heterocycles. The van der Waals surface area contributed by atoms with Crippen molar-refractivity contribution in [3.05, 3.63) is 29.6 Å². The van der Waals surface area contributed by atoms with Gasteiger partial charge in [-0.1, -0.05) is 0 Å². The van der Waals surface area contributed by atoms with Crippen molar-refractivity contribution in [2.75, 3.05) is 6.61 Å². The van der Waals surface area contributed by atoms with Gasteiger partial charge >= 0.3 is 0 Å². The molecule has 2 nitrogen and oxygen atoms in total. The molecule has 0 aromatic carbocycles. The number of allylic oxidation sites excluding steroid dienone is 1. The van der Waals surface area contributed by atoms with Crippen LogP contribution in [0.5, 0.6) is 0 Å². The van der Waals surface area contributed by atoms with E-state index in [-0.39, 0.29) is 6.61 Å². The van der Waals surface area contributed by atoms with Crippen molar-refractivity contribution < 1.29 is 5.11 Å². The van der Waals surface area contributed by atoms with Crippen LogP contribution in [0.2, 0.25) is 0 Å². The highest BCUT2D eigenvalue weighted by molar-refractivity contribution is 5.67. The molecule has 2 heteroatoms. The Morgan fingerprint density at radius 1 is 1.58 bits per heavy atom. The van der Waals surface area contributed by atoms with Crippen LogP contribution in [0.1, 0.15) is 19.0 Å². The molecule has 0 radical (unpaired) electrons. The lowest BCUT2D eigenvalue weighted by Crippen LogP contribution is -1.95. The zero-order chi connectivity index (χ0) is 8.55. The summed E-state index contributed by atoms with van der Waals surface area (Å²) in [6.07, 6.45) is 2.90. The van der Waals surface area contributed by atoms with Gasteiger partial charge in [0.05, 0.1) is 0 Å². The summed E-state index contributed by atoms with van der Waals surface area (Å²) in [5.41, 5.74) is 4.01. The Labute approximate surface area is 72.1 Å². The first-order valence-electron chi connectivity index (χ1n) is 4.28. The predicted molar refractivity (Wildman–Crippen MR) is 48.7 cm³/mol. The number of aliphatic hydroxyl groups is 1. The summed E-state index contributed by atoms with van der Waals surface area (Å²) < 4.78 is 2.22. The van der Waals surface area contributed by atoms with E-state index in [1.165, 1.54) is 16.8 Å². The number of aliphatic hydroxyl groups excluding tert-OH is 1. The van der Waals surface area contributed by atoms with E-state index >= 15 is 0 Å². The lowest BCUT2D eigenvalue weighted by molar-refractivity contribution is 0.298. The SMILES string of the molecule is CC1=C(CCO)Cn2cccc21. The van der Waals surface area contributed by atoms with Gasteiger partial charge in [-0.05, 0) is 36.6 Å². The molecular weight excluding hydrogens is 150 g/mol. The second-order valence-electron chi connectivity index (χ2n) is 3.22. The second-order valence-corrected chi connectivity index (χ2v) is 3.22. The highest BCUT2D eigenvalue weighted by Crippen LogP contribution is 2.28. The van der Waals surface area contributed by atoms with Crippen LogP contribution < -0.4 is 0 Å². The molecule has 0 fully saturated rings. The van der Waals surface area contributed by atoms with Crippen LogP contribution >= 0.6 is 0 Å². The third-order valence-electron chi connectivity index (χ3n) is 2.52. The van der Waals surface area contributed by atoms with E-state index in [0.29, 0.717) is 0 Å². The zero-order valence-corrected chi connectivity index (χ0v) is 7.25. The van der Waals surface area contributed by atoms with E-state index in [2.05, 4.69) is 29.8 Å². The first-order valence-corrected chi connectivity index (χ1v) is 4.28. The monoisotopic (exact) mass is 163 g/mol. The first kappa shape index (κ1) is 7.62. The van der Waals surface area contributed by atoms with Gasteiger partial charge in [-0.25, -0.2) is 0 Å². The molecule has 1 aliphatic rings. The van der Waals surface area contributed by atoms with Crippen LogP contribution in [-0.4, -0.2) is 16.3 Å². The standard InChI is InChI=1S/C10H13NO/c1-8-9(4-6-12)7-11-5-2-3-10(8)11/h2-3,5,12H,4,6-7H2,1H3. The molecule has 1 aromatic heterocycles. The van der Waals surface area contributed by atoms with Gasteiger partial charge in [0.25, 0.3) is 0 Å². The highest BCUT2D eigenvalue weighted by Gasteiger charge is 2.15. The summed E-state index contributed by atoms with van der Waals surface area (Å²) >= 11 is 0. The first-order chi connectivity index (χ1) is 5.83. The fraction of sp³-hybridized carbons (Fsp3) is 0.400. The largest absolute Gasteiger partial charge is 0.396 e. The molecule has 0 aliphatic carbocycles. The summed E-state index contributed by atoms with van der Waals surface area (Å²) in [5, 5.41) is 8.82. The molecule has 0 saturated heterocycles. The number of fused-ring (bicyclic) bond motifs is 1. The van der Waals surface area contributed by atoms with Crippen LogP contribution in [0.15, 0.2) is 23.9 Å². The number of nitrogens with zero attached hydrogens (tertiary/aromatic N) is 1. The molecule has 0 bridgehead atoms. The molecule has 0 unspecified atom stereocenters. The van der Waals surface area contributed by atoms with E-state index in [9.17, 15) is 0 Å². The molecule has 2 rings (SSSR count). The van der Waals surface area contributed by atoms with Gasteiger partial charge in [0.1, 0.15) is 0 Å². The lowest BCUT2D eigenvalue weighted by atomic mass is 10.1. The number of hydrogen-bond acceptors (Lipinski definition) is 1. The topological polar surface area (TPSA) is 25.2 Å². The third kappa shape index (κ3) is 0.994. The normalized spacial score (nSPS) is 15.5. The van der Waals surface area contributed by atoms with E-state index in [0.717, 1.165) is 13.0 Å². The van der Waals surface area contributed by atoms with Gasteiger partial charge in [-0.15, -0.1) is 0 Å². The number of rotatable bonds is 2. The highest BCUT2D eigenvalue weighted by atomic mass is 16.2. The summed E-state index contributed by atoms with van der Waals surface area (Å²) in [7, 11) is 0. The minimum Gasteiger partial charge on any atom is -0.396 e. The Morgan fingerprint density at radius 3 is 3.08 bits per heavy atom. The van der Waals surface area contributed by atoms with E-state index < -0.39 is 0 Å². The Morgan fingerprint density at radius 2 is 2.42 bits per heavy atom. The van der Waals surface area contributed by atoms with Crippen molar-refractivity contribution in [3.63, 3.8) is 0 Å². The fourth-order valence-corrected chi connectivity index (χ4v) is 1.80. The Hall–Kier alpha value is -1.02. The molecule has 0 amide bonds. The van der Waals surface area contributed by atoms with Crippen LogP contribution in [0, 0.1) is 0 Å². The van der Waals surface area contributed by atoms with Crippen molar-refractivity contribution in [2.24, 2.45) is 0 Å². The lowest BCUT2D eigenvalue weighted by Gasteiger charge is -1.99. The smallest absolute Gasteiger partial charge is 0.0469 e. The van der Waals surface area contributed by atoms with Gasteiger partial charge in [0, 0.05) is 25.0 Å². The van der Waals surface area contributed by atoms with Crippen molar-refractivity contribution in [3.8, 4) is 0 Å². The van der Waals surface area contributed by atoms with Crippen molar-refractivity contribution in [2.45, 2.75) is 19.9 Å². The van der Waals surface area contributed by atoms with Crippen molar-refractivity contribution in [1.82, 2.24) is 4.57 Å². The molecule has 64 valence electrons. The minimum atomic E-state index is 0.261. The quantitative estimate of drug-likeness (QED) is 0.704. The molecule has 0 spiro atoms. The predicted octanol–water partition coefficient (Wildman–Crippen LogP) is 1.66. The minimum absolute atomic E-state index is 0.261. The van der Waals surface area contributed by atoms with Crippen molar-refractivity contribution in [1.29, 1.82) is 0 Å². The summed E-state index contributed by atoms with van der Waals surface area (Å²) in [6.45, 7) is 3.36. The van der Waals surface area contributed by atoms with Gasteiger partial charge in [-0.2, -0.15) is 0 Å². The average molecular weight is 163 g/mol. The Balaban J connectivity index is 2.31. The maximum absolute atomic E-state index is 8.82. The third-order valence-corrected chi connectivity index (χ3v) is 2.52.